The number of aromatic nitrogens is 2. The van der Waals surface area contributed by atoms with E-state index in [9.17, 15) is 9.59 Å². The van der Waals surface area contributed by atoms with Gasteiger partial charge in [0.05, 0.1) is 0 Å². The normalized spacial score (nSPS) is 14.2. The second kappa shape index (κ2) is 5.16. The number of hydrogen-bond donors (Lipinski definition) is 1. The molecule has 2 heterocycles. The fourth-order valence-electron chi connectivity index (χ4n) is 2.20. The van der Waals surface area contributed by atoms with E-state index in [-0.39, 0.29) is 11.6 Å². The van der Waals surface area contributed by atoms with Crippen molar-refractivity contribution in [1.29, 1.82) is 0 Å². The predicted molar refractivity (Wildman–Crippen MR) is 68.4 cm³/mol. The fraction of sp³-hybridized carbons (Fsp3) is 0.462. The van der Waals surface area contributed by atoms with Gasteiger partial charge in [0.2, 0.25) is 5.91 Å². The summed E-state index contributed by atoms with van der Waals surface area (Å²) in [7, 11) is 0. The summed E-state index contributed by atoms with van der Waals surface area (Å²) in [6.45, 7) is 5.06. The van der Waals surface area contributed by atoms with Crippen LogP contribution in [0.4, 0.5) is 0 Å². The molecule has 0 saturated carbocycles. The number of aromatic amines is 1. The fourth-order valence-corrected chi connectivity index (χ4v) is 2.20. The number of carbonyl (C=O) groups excluding carboxylic acids is 1. The zero-order chi connectivity index (χ0) is 13.1. The van der Waals surface area contributed by atoms with Crippen LogP contribution in [0.5, 0.6) is 0 Å². The molecule has 2 rings (SSSR count). The summed E-state index contributed by atoms with van der Waals surface area (Å²) in [5, 5.41) is 0. The summed E-state index contributed by atoms with van der Waals surface area (Å²) >= 11 is 0. The van der Waals surface area contributed by atoms with Crippen LogP contribution in [0.3, 0.4) is 0 Å². The Hall–Kier alpha value is -1.91. The van der Waals surface area contributed by atoms with Gasteiger partial charge in [-0.2, -0.15) is 4.98 Å². The minimum absolute atomic E-state index is 0.144. The van der Waals surface area contributed by atoms with Crippen molar-refractivity contribution in [1.82, 2.24) is 14.9 Å². The Balaban J connectivity index is 2.02. The van der Waals surface area contributed by atoms with E-state index in [0.29, 0.717) is 31.6 Å². The van der Waals surface area contributed by atoms with Crippen LogP contribution in [0.15, 0.2) is 16.9 Å². The third-order valence-corrected chi connectivity index (χ3v) is 3.21. The van der Waals surface area contributed by atoms with Gasteiger partial charge in [-0.15, -0.1) is 0 Å². The number of rotatable bonds is 3. The average Bonchev–Trinajstić information content (AvgIpc) is 2.80. The van der Waals surface area contributed by atoms with Gasteiger partial charge in [0.1, 0.15) is 0 Å². The molecule has 1 aliphatic rings. The number of aryl methyl sites for hydroxylation is 2. The molecular formula is C13H17N3O2. The highest BCUT2D eigenvalue weighted by atomic mass is 16.2. The van der Waals surface area contributed by atoms with Gasteiger partial charge < -0.3 is 9.88 Å². The van der Waals surface area contributed by atoms with Crippen LogP contribution < -0.4 is 5.69 Å². The molecule has 18 heavy (non-hydrogen) atoms. The summed E-state index contributed by atoms with van der Waals surface area (Å²) in [5.41, 5.74) is 2.15. The van der Waals surface area contributed by atoms with Gasteiger partial charge in [-0.25, -0.2) is 4.79 Å². The molecule has 1 aliphatic heterocycles. The van der Waals surface area contributed by atoms with Gasteiger partial charge >= 0.3 is 5.69 Å². The Kier molecular flexibility index (Phi) is 3.60. The van der Waals surface area contributed by atoms with Crippen molar-refractivity contribution >= 4 is 5.91 Å². The van der Waals surface area contributed by atoms with Crippen molar-refractivity contribution in [2.24, 2.45) is 0 Å². The lowest BCUT2D eigenvalue weighted by Crippen LogP contribution is -2.28. The van der Waals surface area contributed by atoms with Crippen molar-refractivity contribution in [2.45, 2.75) is 26.7 Å². The predicted octanol–water partition coefficient (Wildman–Crippen LogP) is 0.718. The standard InChI is InChI=1S/C13H17N3O2/c1-9-11(10(2)15-13(18)14-9)5-6-12(17)16-7-3-4-8-16/h3-4H,5-8H2,1-2H3,(H,14,15,18). The van der Waals surface area contributed by atoms with Crippen LogP contribution in [-0.2, 0) is 11.2 Å². The average molecular weight is 247 g/mol. The lowest BCUT2D eigenvalue weighted by atomic mass is 10.1. The molecule has 5 heteroatoms. The van der Waals surface area contributed by atoms with Crippen molar-refractivity contribution in [3.63, 3.8) is 0 Å². The Labute approximate surface area is 106 Å². The first-order chi connectivity index (χ1) is 8.58. The molecule has 0 bridgehead atoms. The van der Waals surface area contributed by atoms with Crippen molar-refractivity contribution in [2.75, 3.05) is 13.1 Å². The van der Waals surface area contributed by atoms with Crippen molar-refractivity contribution < 1.29 is 4.79 Å². The molecule has 1 aromatic heterocycles. The van der Waals surface area contributed by atoms with Gasteiger partial charge in [-0.05, 0) is 25.8 Å². The highest BCUT2D eigenvalue weighted by Crippen LogP contribution is 2.11. The minimum atomic E-state index is -0.330. The summed E-state index contributed by atoms with van der Waals surface area (Å²) in [6, 6.07) is 0. The number of H-pyrrole nitrogens is 1. The van der Waals surface area contributed by atoms with Crippen LogP contribution in [0.1, 0.15) is 23.4 Å². The Morgan fingerprint density at radius 3 is 2.67 bits per heavy atom. The van der Waals surface area contributed by atoms with Crippen LogP contribution in [-0.4, -0.2) is 33.9 Å². The second-order valence-electron chi connectivity index (χ2n) is 4.50. The molecule has 0 radical (unpaired) electrons. The number of nitrogens with one attached hydrogen (secondary N) is 1. The number of hydrogen-bond acceptors (Lipinski definition) is 3. The number of carbonyl (C=O) groups is 1. The zero-order valence-corrected chi connectivity index (χ0v) is 10.7. The van der Waals surface area contributed by atoms with E-state index in [4.69, 9.17) is 0 Å². The maximum Gasteiger partial charge on any atom is 0.345 e. The molecule has 1 N–H and O–H groups in total. The molecule has 0 spiro atoms. The van der Waals surface area contributed by atoms with Crippen molar-refractivity contribution in [3.8, 4) is 0 Å². The van der Waals surface area contributed by atoms with E-state index >= 15 is 0 Å². The Morgan fingerprint density at radius 1 is 1.39 bits per heavy atom. The molecule has 96 valence electrons. The van der Waals surface area contributed by atoms with Gasteiger partial charge in [0, 0.05) is 30.9 Å². The van der Waals surface area contributed by atoms with Crippen molar-refractivity contribution in [3.05, 3.63) is 39.6 Å². The topological polar surface area (TPSA) is 66.1 Å². The van der Waals surface area contributed by atoms with Gasteiger partial charge in [0.25, 0.3) is 0 Å². The van der Waals surface area contributed by atoms with E-state index < -0.39 is 0 Å². The second-order valence-corrected chi connectivity index (χ2v) is 4.50. The van der Waals surface area contributed by atoms with E-state index in [1.165, 1.54) is 0 Å². The highest BCUT2D eigenvalue weighted by molar-refractivity contribution is 5.77. The molecule has 0 unspecified atom stereocenters. The first kappa shape index (κ1) is 12.5. The lowest BCUT2D eigenvalue weighted by molar-refractivity contribution is -0.129. The molecule has 0 atom stereocenters. The van der Waals surface area contributed by atoms with Crippen LogP contribution in [0, 0.1) is 13.8 Å². The van der Waals surface area contributed by atoms with Crippen LogP contribution in [0.2, 0.25) is 0 Å². The third kappa shape index (κ3) is 2.67. The molecule has 0 aliphatic carbocycles. The number of nitrogens with zero attached hydrogens (tertiary/aromatic N) is 2. The van der Waals surface area contributed by atoms with E-state index in [1.54, 1.807) is 6.92 Å². The summed E-state index contributed by atoms with van der Waals surface area (Å²) < 4.78 is 0. The monoisotopic (exact) mass is 247 g/mol. The Morgan fingerprint density at radius 2 is 2.06 bits per heavy atom. The molecular weight excluding hydrogens is 230 g/mol. The maximum absolute atomic E-state index is 11.9. The third-order valence-electron chi connectivity index (χ3n) is 3.21. The van der Waals surface area contributed by atoms with E-state index in [1.807, 2.05) is 24.0 Å². The maximum atomic E-state index is 11.9. The first-order valence-corrected chi connectivity index (χ1v) is 6.07. The summed E-state index contributed by atoms with van der Waals surface area (Å²) in [5.74, 6) is 0.144. The van der Waals surface area contributed by atoms with E-state index in [2.05, 4.69) is 9.97 Å². The van der Waals surface area contributed by atoms with E-state index in [0.717, 1.165) is 11.3 Å². The number of amides is 1. The molecule has 5 nitrogen and oxygen atoms in total. The van der Waals surface area contributed by atoms with Gasteiger partial charge in [-0.1, -0.05) is 12.2 Å². The SMILES string of the molecule is Cc1nc(=O)[nH]c(C)c1CCC(=O)N1CC=CC1. The van der Waals surface area contributed by atoms with Gasteiger partial charge in [0.15, 0.2) is 0 Å². The largest absolute Gasteiger partial charge is 0.345 e. The Bertz CT molecular complexity index is 511. The molecule has 1 aromatic rings. The van der Waals surface area contributed by atoms with Crippen LogP contribution in [0.25, 0.3) is 0 Å². The quantitative estimate of drug-likeness (QED) is 0.800. The first-order valence-electron chi connectivity index (χ1n) is 6.07. The van der Waals surface area contributed by atoms with Crippen LogP contribution >= 0.6 is 0 Å². The smallest absolute Gasteiger partial charge is 0.335 e. The molecule has 0 aromatic carbocycles. The highest BCUT2D eigenvalue weighted by Gasteiger charge is 2.15. The summed E-state index contributed by atoms with van der Waals surface area (Å²) in [4.78, 5) is 31.4. The summed E-state index contributed by atoms with van der Waals surface area (Å²) in [6.07, 6.45) is 5.07. The zero-order valence-electron chi connectivity index (χ0n) is 10.7. The molecule has 0 saturated heterocycles. The minimum Gasteiger partial charge on any atom is -0.335 e. The lowest BCUT2D eigenvalue weighted by Gasteiger charge is -2.15. The molecule has 0 fully saturated rings. The molecule has 1 amide bonds. The van der Waals surface area contributed by atoms with Gasteiger partial charge in [-0.3, -0.25) is 4.79 Å².